The second kappa shape index (κ2) is 8.17. The molecule has 2 amide bonds. The molecule has 1 heterocycles. The van der Waals surface area contributed by atoms with Gasteiger partial charge in [-0.2, -0.15) is 15.0 Å². The normalized spacial score (nSPS) is 12.0. The fourth-order valence-corrected chi connectivity index (χ4v) is 2.11. The monoisotopic (exact) mass is 317 g/mol. The zero-order valence-corrected chi connectivity index (χ0v) is 13.7. The van der Waals surface area contributed by atoms with Crippen LogP contribution in [0.2, 0.25) is 0 Å². The van der Waals surface area contributed by atoms with Crippen molar-refractivity contribution in [1.82, 2.24) is 20.3 Å². The van der Waals surface area contributed by atoms with Gasteiger partial charge in [-0.05, 0) is 25.0 Å². The summed E-state index contributed by atoms with van der Waals surface area (Å²) in [5, 5.41) is 14.0. The molecule has 0 radical (unpaired) electrons. The number of urea groups is 1. The molecule has 7 heteroatoms. The number of para-hydroxylation sites is 2. The van der Waals surface area contributed by atoms with Crippen LogP contribution in [0.25, 0.3) is 0 Å². The second-order valence-electron chi connectivity index (χ2n) is 5.46. The zero-order chi connectivity index (χ0) is 16.7. The Kier molecular flexibility index (Phi) is 5.96. The number of anilines is 1. The number of rotatable bonds is 7. The van der Waals surface area contributed by atoms with E-state index in [2.05, 4.69) is 20.8 Å². The van der Waals surface area contributed by atoms with Gasteiger partial charge < -0.3 is 15.4 Å². The molecule has 1 aromatic carbocycles. The van der Waals surface area contributed by atoms with Gasteiger partial charge in [-0.25, -0.2) is 4.79 Å². The molecule has 1 aromatic heterocycles. The first-order chi connectivity index (χ1) is 11.1. The lowest BCUT2D eigenvalue weighted by molar-refractivity contribution is 0.239. The Bertz CT molecular complexity index is 613. The van der Waals surface area contributed by atoms with Gasteiger partial charge >= 0.3 is 6.03 Å². The largest absolute Gasteiger partial charge is 0.492 e. The number of hydrogen-bond acceptors (Lipinski definition) is 4. The number of ether oxygens (including phenoxy) is 1. The summed E-state index contributed by atoms with van der Waals surface area (Å²) in [4.78, 5) is 13.9. The number of carbonyl (C=O) groups is 1. The first-order valence-electron chi connectivity index (χ1n) is 7.73. The highest BCUT2D eigenvalue weighted by atomic mass is 16.5. The van der Waals surface area contributed by atoms with Crippen molar-refractivity contribution in [2.75, 3.05) is 11.9 Å². The first kappa shape index (κ1) is 16.8. The second-order valence-corrected chi connectivity index (χ2v) is 5.46. The number of amides is 2. The van der Waals surface area contributed by atoms with Gasteiger partial charge in [0.15, 0.2) is 0 Å². The fraction of sp³-hybridized carbons (Fsp3) is 0.438. The summed E-state index contributed by atoms with van der Waals surface area (Å²) in [7, 11) is 0. The number of nitrogens with zero attached hydrogens (tertiary/aromatic N) is 3. The fourth-order valence-electron chi connectivity index (χ4n) is 2.11. The van der Waals surface area contributed by atoms with Crippen molar-refractivity contribution >= 4 is 11.7 Å². The molecule has 0 aliphatic carbocycles. The van der Waals surface area contributed by atoms with E-state index in [-0.39, 0.29) is 18.0 Å². The molecule has 0 saturated heterocycles. The molecule has 0 aliphatic heterocycles. The molecular formula is C16H23N5O2. The summed E-state index contributed by atoms with van der Waals surface area (Å²) >= 11 is 0. The lowest BCUT2D eigenvalue weighted by atomic mass is 10.1. The lowest BCUT2D eigenvalue weighted by Gasteiger charge is -2.22. The zero-order valence-electron chi connectivity index (χ0n) is 13.7. The Balaban J connectivity index is 1.99. The number of nitrogens with one attached hydrogen (secondary N) is 2. The summed E-state index contributed by atoms with van der Waals surface area (Å²) in [6.45, 7) is 7.05. The minimum Gasteiger partial charge on any atom is -0.492 e. The van der Waals surface area contributed by atoms with Gasteiger partial charge in [0.05, 0.1) is 37.3 Å². The number of carbonyl (C=O) groups excluding carboxylic acids is 1. The molecule has 2 rings (SSSR count). The summed E-state index contributed by atoms with van der Waals surface area (Å²) in [6.07, 6.45) is 3.24. The average molecular weight is 317 g/mol. The van der Waals surface area contributed by atoms with Gasteiger partial charge in [0.2, 0.25) is 0 Å². The molecule has 2 N–H and O–H groups in total. The van der Waals surface area contributed by atoms with Crippen molar-refractivity contribution < 1.29 is 9.53 Å². The average Bonchev–Trinajstić information content (AvgIpc) is 3.02. The van der Waals surface area contributed by atoms with Gasteiger partial charge in [0.25, 0.3) is 0 Å². The Hall–Kier alpha value is -2.57. The van der Waals surface area contributed by atoms with Crippen molar-refractivity contribution in [1.29, 1.82) is 0 Å². The van der Waals surface area contributed by atoms with Crippen LogP contribution in [0.3, 0.4) is 0 Å². The summed E-state index contributed by atoms with van der Waals surface area (Å²) in [6, 6.07) is 7.00. The highest BCUT2D eigenvalue weighted by Gasteiger charge is 2.18. The van der Waals surface area contributed by atoms with Gasteiger partial charge in [-0.15, -0.1) is 0 Å². The molecule has 124 valence electrons. The highest BCUT2D eigenvalue weighted by Crippen LogP contribution is 2.23. The number of hydrogen-bond donors (Lipinski definition) is 2. The predicted molar refractivity (Wildman–Crippen MR) is 88.4 cm³/mol. The molecule has 7 nitrogen and oxygen atoms in total. The third kappa shape index (κ3) is 4.98. The first-order valence-corrected chi connectivity index (χ1v) is 7.73. The molecule has 0 fully saturated rings. The van der Waals surface area contributed by atoms with E-state index in [9.17, 15) is 4.79 Å². The molecule has 0 saturated carbocycles. The van der Waals surface area contributed by atoms with Gasteiger partial charge in [0, 0.05) is 0 Å². The quantitative estimate of drug-likeness (QED) is 0.822. The smallest absolute Gasteiger partial charge is 0.319 e. The van der Waals surface area contributed by atoms with Crippen molar-refractivity contribution in [2.45, 2.75) is 33.4 Å². The molecule has 23 heavy (non-hydrogen) atoms. The van der Waals surface area contributed by atoms with E-state index in [1.165, 1.54) is 0 Å². The van der Waals surface area contributed by atoms with E-state index < -0.39 is 0 Å². The third-order valence-corrected chi connectivity index (χ3v) is 3.38. The third-order valence-electron chi connectivity index (χ3n) is 3.38. The van der Waals surface area contributed by atoms with Crippen LogP contribution in [-0.2, 0) is 6.54 Å². The van der Waals surface area contributed by atoms with Gasteiger partial charge in [-0.3, -0.25) is 0 Å². The maximum atomic E-state index is 12.3. The Morgan fingerprint density at radius 3 is 2.61 bits per heavy atom. The maximum absolute atomic E-state index is 12.3. The molecule has 0 bridgehead atoms. The Morgan fingerprint density at radius 2 is 1.96 bits per heavy atom. The lowest BCUT2D eigenvalue weighted by Crippen LogP contribution is -2.44. The van der Waals surface area contributed by atoms with Crippen LogP contribution in [0.4, 0.5) is 10.5 Å². The predicted octanol–water partition coefficient (Wildman–Crippen LogP) is 2.52. The number of aromatic nitrogens is 3. The van der Waals surface area contributed by atoms with Crippen LogP contribution in [-0.4, -0.2) is 33.7 Å². The van der Waals surface area contributed by atoms with Crippen LogP contribution >= 0.6 is 0 Å². The van der Waals surface area contributed by atoms with Crippen LogP contribution in [0, 0.1) is 5.92 Å². The van der Waals surface area contributed by atoms with Crippen LogP contribution < -0.4 is 15.4 Å². The van der Waals surface area contributed by atoms with E-state index in [4.69, 9.17) is 4.74 Å². The SMILES string of the molecule is CCOc1ccccc1NC(=O)NC(Cn1nccn1)C(C)C. The molecule has 1 unspecified atom stereocenters. The molecule has 1 atom stereocenters. The van der Waals surface area contributed by atoms with Crippen LogP contribution in [0.5, 0.6) is 5.75 Å². The minimum absolute atomic E-state index is 0.0818. The molecule has 0 spiro atoms. The van der Waals surface area contributed by atoms with E-state index in [0.717, 1.165) is 0 Å². The van der Waals surface area contributed by atoms with Crippen molar-refractivity contribution in [3.63, 3.8) is 0 Å². The Morgan fingerprint density at radius 1 is 1.26 bits per heavy atom. The van der Waals surface area contributed by atoms with Gasteiger partial charge in [-0.1, -0.05) is 26.0 Å². The summed E-state index contributed by atoms with van der Waals surface area (Å²) < 4.78 is 5.51. The van der Waals surface area contributed by atoms with Crippen molar-refractivity contribution in [2.24, 2.45) is 5.92 Å². The van der Waals surface area contributed by atoms with E-state index >= 15 is 0 Å². The van der Waals surface area contributed by atoms with Gasteiger partial charge in [0.1, 0.15) is 5.75 Å². The molecular weight excluding hydrogens is 294 g/mol. The Labute approximate surface area is 136 Å². The standard InChI is InChI=1S/C16H23N5O2/c1-4-23-15-8-6-5-7-13(15)19-16(22)20-14(12(2)3)11-21-17-9-10-18-21/h5-10,12,14H,4,11H2,1-3H3,(H2,19,20,22). The summed E-state index contributed by atoms with van der Waals surface area (Å²) in [5.41, 5.74) is 0.645. The van der Waals surface area contributed by atoms with E-state index in [1.807, 2.05) is 45.0 Å². The van der Waals surface area contributed by atoms with Crippen LogP contribution in [0.15, 0.2) is 36.7 Å². The minimum atomic E-state index is -0.275. The summed E-state index contributed by atoms with van der Waals surface area (Å²) in [5.74, 6) is 0.897. The van der Waals surface area contributed by atoms with Crippen molar-refractivity contribution in [3.05, 3.63) is 36.7 Å². The van der Waals surface area contributed by atoms with E-state index in [1.54, 1.807) is 17.2 Å². The maximum Gasteiger partial charge on any atom is 0.319 e. The van der Waals surface area contributed by atoms with Crippen LogP contribution in [0.1, 0.15) is 20.8 Å². The topological polar surface area (TPSA) is 81.1 Å². The van der Waals surface area contributed by atoms with Crippen molar-refractivity contribution in [3.8, 4) is 5.75 Å². The van der Waals surface area contributed by atoms with E-state index in [0.29, 0.717) is 24.6 Å². The highest BCUT2D eigenvalue weighted by molar-refractivity contribution is 5.91. The number of benzene rings is 1. The molecule has 2 aromatic rings. The molecule has 0 aliphatic rings.